The number of anilines is 1. The summed E-state index contributed by atoms with van der Waals surface area (Å²) in [6.45, 7) is 3.24. The molecule has 0 bridgehead atoms. The maximum absolute atomic E-state index is 12.8. The topological polar surface area (TPSA) is 79.0 Å². The van der Waals surface area contributed by atoms with Gasteiger partial charge in [0.15, 0.2) is 0 Å². The monoisotopic (exact) mass is 421 g/mol. The predicted molar refractivity (Wildman–Crippen MR) is 117 cm³/mol. The number of hydrogen-bond donors (Lipinski definition) is 1. The largest absolute Gasteiger partial charge is 0.445 e. The molecule has 2 aromatic rings. The Hall–Kier alpha value is -3.35. The molecule has 2 aliphatic heterocycles. The van der Waals surface area contributed by atoms with E-state index in [1.165, 1.54) is 0 Å². The molecular weight excluding hydrogens is 394 g/mol. The highest BCUT2D eigenvalue weighted by atomic mass is 16.6. The molecule has 162 valence electrons. The molecule has 7 nitrogen and oxygen atoms in total. The maximum Gasteiger partial charge on any atom is 0.410 e. The van der Waals surface area contributed by atoms with Crippen LogP contribution < -0.4 is 10.2 Å². The Morgan fingerprint density at radius 1 is 1.13 bits per heavy atom. The van der Waals surface area contributed by atoms with E-state index in [2.05, 4.69) is 5.32 Å². The van der Waals surface area contributed by atoms with Gasteiger partial charge in [-0.25, -0.2) is 4.79 Å². The fourth-order valence-electron chi connectivity index (χ4n) is 4.38. The quantitative estimate of drug-likeness (QED) is 0.823. The number of piperidine rings is 1. The highest BCUT2D eigenvalue weighted by Gasteiger charge is 2.36. The molecule has 0 radical (unpaired) electrons. The van der Waals surface area contributed by atoms with Gasteiger partial charge in [-0.2, -0.15) is 0 Å². The molecule has 2 heterocycles. The van der Waals surface area contributed by atoms with Crippen molar-refractivity contribution >= 4 is 23.6 Å². The number of amides is 3. The second kappa shape index (κ2) is 8.79. The molecule has 1 N–H and O–H groups in total. The Balaban J connectivity index is 1.39. The van der Waals surface area contributed by atoms with Crippen LogP contribution in [0, 0.1) is 6.92 Å². The molecular formula is C24H27N3O4. The highest BCUT2D eigenvalue weighted by molar-refractivity contribution is 6.04. The van der Waals surface area contributed by atoms with Crippen molar-refractivity contribution in [2.24, 2.45) is 0 Å². The van der Waals surface area contributed by atoms with Crippen molar-refractivity contribution in [3.8, 4) is 0 Å². The number of benzene rings is 2. The van der Waals surface area contributed by atoms with E-state index in [-0.39, 0.29) is 30.6 Å². The molecule has 2 aromatic carbocycles. The van der Waals surface area contributed by atoms with Crippen molar-refractivity contribution in [3.63, 3.8) is 0 Å². The summed E-state index contributed by atoms with van der Waals surface area (Å²) in [5, 5.41) is 2.65. The van der Waals surface area contributed by atoms with Gasteiger partial charge in [-0.3, -0.25) is 9.59 Å². The van der Waals surface area contributed by atoms with Crippen molar-refractivity contribution < 1.29 is 19.1 Å². The van der Waals surface area contributed by atoms with E-state index in [0.717, 1.165) is 22.4 Å². The van der Waals surface area contributed by atoms with Gasteiger partial charge in [-0.05, 0) is 48.6 Å². The summed E-state index contributed by atoms with van der Waals surface area (Å²) in [5.74, 6) is -0.0953. The van der Waals surface area contributed by atoms with Gasteiger partial charge < -0.3 is 19.9 Å². The van der Waals surface area contributed by atoms with Crippen LogP contribution >= 0.6 is 0 Å². The van der Waals surface area contributed by atoms with Gasteiger partial charge in [-0.15, -0.1) is 0 Å². The van der Waals surface area contributed by atoms with E-state index in [0.29, 0.717) is 37.9 Å². The third kappa shape index (κ3) is 4.26. The Morgan fingerprint density at radius 2 is 1.84 bits per heavy atom. The summed E-state index contributed by atoms with van der Waals surface area (Å²) in [6, 6.07) is 13.4. The van der Waals surface area contributed by atoms with E-state index >= 15 is 0 Å². The predicted octanol–water partition coefficient (Wildman–Crippen LogP) is 3.04. The fraction of sp³-hybridized carbons (Fsp3) is 0.375. The van der Waals surface area contributed by atoms with Gasteiger partial charge in [0.05, 0.1) is 6.42 Å². The zero-order valence-electron chi connectivity index (χ0n) is 17.9. The number of carbonyl (C=O) groups excluding carboxylic acids is 3. The standard InChI is InChI=1S/C24H27N3O4/c1-16-12-21-18(13-20(16)23(29)25-2)14-22(28)27(21)19-8-10-26(11-9-19)24(30)31-15-17-6-4-3-5-7-17/h3-7,12-13,19H,8-11,14-15H2,1-2H3,(H,25,29). The van der Waals surface area contributed by atoms with Gasteiger partial charge in [0.25, 0.3) is 5.91 Å². The van der Waals surface area contributed by atoms with Crippen LogP contribution in [-0.4, -0.2) is 49.0 Å². The van der Waals surface area contributed by atoms with E-state index in [9.17, 15) is 14.4 Å². The molecule has 7 heteroatoms. The third-order valence-corrected chi connectivity index (χ3v) is 6.06. The number of likely N-dealkylation sites (tertiary alicyclic amines) is 1. The molecule has 4 rings (SSSR count). The molecule has 2 aliphatic rings. The zero-order valence-corrected chi connectivity index (χ0v) is 17.9. The number of nitrogens with zero attached hydrogens (tertiary/aromatic N) is 2. The van der Waals surface area contributed by atoms with Crippen molar-refractivity contribution in [3.05, 3.63) is 64.7 Å². The summed E-state index contributed by atoms with van der Waals surface area (Å²) in [4.78, 5) is 40.9. The normalized spacial score (nSPS) is 16.3. The Morgan fingerprint density at radius 3 is 2.52 bits per heavy atom. The molecule has 1 saturated heterocycles. The fourth-order valence-corrected chi connectivity index (χ4v) is 4.38. The minimum absolute atomic E-state index is 0.0391. The van der Waals surface area contributed by atoms with Crippen molar-refractivity contribution in [2.75, 3.05) is 25.0 Å². The number of ether oxygens (including phenoxy) is 1. The molecule has 0 aromatic heterocycles. The highest BCUT2D eigenvalue weighted by Crippen LogP contribution is 2.35. The van der Waals surface area contributed by atoms with Crippen LogP contribution in [0.4, 0.5) is 10.5 Å². The summed E-state index contributed by atoms with van der Waals surface area (Å²) >= 11 is 0. The van der Waals surface area contributed by atoms with E-state index in [1.807, 2.05) is 54.3 Å². The van der Waals surface area contributed by atoms with Gasteiger partial charge in [0, 0.05) is 37.4 Å². The van der Waals surface area contributed by atoms with Crippen LogP contribution in [-0.2, 0) is 22.6 Å². The van der Waals surface area contributed by atoms with Crippen molar-refractivity contribution in [1.29, 1.82) is 0 Å². The number of aryl methyl sites for hydroxylation is 1. The van der Waals surface area contributed by atoms with E-state index < -0.39 is 0 Å². The number of rotatable bonds is 4. The second-order valence-corrected chi connectivity index (χ2v) is 8.07. The summed E-state index contributed by atoms with van der Waals surface area (Å²) in [7, 11) is 1.60. The van der Waals surface area contributed by atoms with Gasteiger partial charge in [-0.1, -0.05) is 30.3 Å². The van der Waals surface area contributed by atoms with Gasteiger partial charge >= 0.3 is 6.09 Å². The van der Waals surface area contributed by atoms with Crippen LogP contribution in [0.15, 0.2) is 42.5 Å². The average Bonchev–Trinajstić information content (AvgIpc) is 3.11. The lowest BCUT2D eigenvalue weighted by atomic mass is 10.0. The molecule has 0 spiro atoms. The number of nitrogens with one attached hydrogen (secondary N) is 1. The first-order valence-corrected chi connectivity index (χ1v) is 10.6. The number of hydrogen-bond acceptors (Lipinski definition) is 4. The first-order chi connectivity index (χ1) is 15.0. The molecule has 0 aliphatic carbocycles. The Labute approximate surface area is 182 Å². The molecule has 0 unspecified atom stereocenters. The maximum atomic E-state index is 12.8. The SMILES string of the molecule is CNC(=O)c1cc2c(cc1C)N(C1CCN(C(=O)OCc3ccccc3)CC1)C(=O)C2. The van der Waals surface area contributed by atoms with Crippen LogP contribution in [0.1, 0.15) is 39.9 Å². The lowest BCUT2D eigenvalue weighted by Crippen LogP contribution is -2.48. The summed E-state index contributed by atoms with van der Waals surface area (Å²) < 4.78 is 5.44. The minimum Gasteiger partial charge on any atom is -0.445 e. The van der Waals surface area contributed by atoms with Gasteiger partial charge in [0.1, 0.15) is 6.61 Å². The molecule has 3 amide bonds. The van der Waals surface area contributed by atoms with Crippen LogP contribution in [0.5, 0.6) is 0 Å². The minimum atomic E-state index is -0.318. The number of fused-ring (bicyclic) bond motifs is 1. The second-order valence-electron chi connectivity index (χ2n) is 8.07. The zero-order chi connectivity index (χ0) is 22.0. The van der Waals surface area contributed by atoms with Crippen molar-refractivity contribution in [1.82, 2.24) is 10.2 Å². The Kier molecular flexibility index (Phi) is 5.93. The van der Waals surface area contributed by atoms with Gasteiger partial charge in [0.2, 0.25) is 5.91 Å². The van der Waals surface area contributed by atoms with Crippen molar-refractivity contribution in [2.45, 2.75) is 38.8 Å². The average molecular weight is 421 g/mol. The first kappa shape index (κ1) is 20.9. The molecule has 0 atom stereocenters. The first-order valence-electron chi connectivity index (χ1n) is 10.6. The third-order valence-electron chi connectivity index (χ3n) is 6.06. The van der Waals surface area contributed by atoms with Crippen LogP contribution in [0.25, 0.3) is 0 Å². The smallest absolute Gasteiger partial charge is 0.410 e. The summed E-state index contributed by atoms with van der Waals surface area (Å²) in [6.07, 6.45) is 1.38. The molecule has 1 fully saturated rings. The molecule has 31 heavy (non-hydrogen) atoms. The molecule has 0 saturated carbocycles. The lowest BCUT2D eigenvalue weighted by molar-refractivity contribution is -0.118. The van der Waals surface area contributed by atoms with Crippen LogP contribution in [0.3, 0.4) is 0 Å². The number of carbonyl (C=O) groups is 3. The van der Waals surface area contributed by atoms with E-state index in [1.54, 1.807) is 11.9 Å². The lowest BCUT2D eigenvalue weighted by Gasteiger charge is -2.36. The Bertz CT molecular complexity index is 997. The van der Waals surface area contributed by atoms with Crippen LogP contribution in [0.2, 0.25) is 0 Å². The summed E-state index contributed by atoms with van der Waals surface area (Å²) in [5.41, 5.74) is 4.18. The van der Waals surface area contributed by atoms with E-state index in [4.69, 9.17) is 4.74 Å².